The zero-order valence-corrected chi connectivity index (χ0v) is 11.8. The summed E-state index contributed by atoms with van der Waals surface area (Å²) in [6.45, 7) is 1.89. The van der Waals surface area contributed by atoms with E-state index in [2.05, 4.69) is 15.5 Å². The lowest BCUT2D eigenvalue weighted by atomic mass is 9.83. The third-order valence-electron chi connectivity index (χ3n) is 3.87. The van der Waals surface area contributed by atoms with Crippen molar-refractivity contribution in [2.75, 3.05) is 5.32 Å². The Kier molecular flexibility index (Phi) is 3.42. The Bertz CT molecular complexity index is 721. The highest BCUT2D eigenvalue weighted by molar-refractivity contribution is 5.94. The molecule has 0 spiro atoms. The predicted molar refractivity (Wildman–Crippen MR) is 74.5 cm³/mol. The van der Waals surface area contributed by atoms with Crippen LogP contribution in [0.15, 0.2) is 24.3 Å². The third-order valence-corrected chi connectivity index (χ3v) is 3.87. The van der Waals surface area contributed by atoms with Crippen LogP contribution in [0.25, 0.3) is 0 Å². The number of carbonyl (C=O) groups excluding carboxylic acids is 1. The fourth-order valence-electron chi connectivity index (χ4n) is 2.92. The third kappa shape index (κ3) is 2.36. The second-order valence-corrected chi connectivity index (χ2v) is 5.21. The van der Waals surface area contributed by atoms with Crippen molar-refractivity contribution in [2.24, 2.45) is 0 Å². The first-order chi connectivity index (χ1) is 10.4. The summed E-state index contributed by atoms with van der Waals surface area (Å²) in [6, 6.07) is 5.39. The van der Waals surface area contributed by atoms with Gasteiger partial charge in [-0.1, -0.05) is 25.1 Å². The van der Waals surface area contributed by atoms with Gasteiger partial charge in [0.15, 0.2) is 5.82 Å². The van der Waals surface area contributed by atoms with Crippen LogP contribution in [0.3, 0.4) is 0 Å². The van der Waals surface area contributed by atoms with Gasteiger partial charge in [-0.15, -0.1) is 0 Å². The molecule has 0 aliphatic carbocycles. The molecule has 7 heteroatoms. The van der Waals surface area contributed by atoms with Crippen LogP contribution in [-0.2, 0) is 17.4 Å². The van der Waals surface area contributed by atoms with Gasteiger partial charge in [-0.2, -0.15) is 18.3 Å². The standard InChI is InChI=1S/C15H14F3N3O/c1-2-11-13-9(7-12(22)19-14(13)21-20-11)8-5-3-4-6-10(8)15(16,17)18/h3-6,9H,2,7H2,1H3,(H2,19,20,21,22). The Morgan fingerprint density at radius 1 is 1.32 bits per heavy atom. The van der Waals surface area contributed by atoms with Crippen molar-refractivity contribution in [3.05, 3.63) is 46.6 Å². The van der Waals surface area contributed by atoms with Gasteiger partial charge in [0.1, 0.15) is 0 Å². The molecule has 2 aromatic rings. The van der Waals surface area contributed by atoms with E-state index in [-0.39, 0.29) is 17.9 Å². The van der Waals surface area contributed by atoms with Crippen LogP contribution >= 0.6 is 0 Å². The number of rotatable bonds is 2. The minimum absolute atomic E-state index is 0.0212. The predicted octanol–water partition coefficient (Wildman–Crippen LogP) is 3.47. The molecule has 4 nitrogen and oxygen atoms in total. The Morgan fingerprint density at radius 3 is 2.73 bits per heavy atom. The summed E-state index contributed by atoms with van der Waals surface area (Å²) in [6.07, 6.45) is -3.88. The summed E-state index contributed by atoms with van der Waals surface area (Å²) in [5.74, 6) is -0.644. The zero-order valence-electron chi connectivity index (χ0n) is 11.8. The second kappa shape index (κ2) is 5.15. The molecule has 1 aromatic carbocycles. The van der Waals surface area contributed by atoms with Crippen molar-refractivity contribution >= 4 is 11.7 Å². The normalized spacial score (nSPS) is 18.0. The van der Waals surface area contributed by atoms with E-state index < -0.39 is 17.7 Å². The summed E-state index contributed by atoms with van der Waals surface area (Å²) in [5.41, 5.74) is 0.807. The number of halogens is 3. The minimum atomic E-state index is -4.46. The number of amides is 1. The SMILES string of the molecule is CCc1[nH]nc2c1C(c1ccccc1C(F)(F)F)CC(=O)N2. The summed E-state index contributed by atoms with van der Waals surface area (Å²) in [7, 11) is 0. The summed E-state index contributed by atoms with van der Waals surface area (Å²) >= 11 is 0. The maximum Gasteiger partial charge on any atom is 0.416 e. The molecule has 0 saturated carbocycles. The number of nitrogens with zero attached hydrogens (tertiary/aromatic N) is 1. The Labute approximate surface area is 124 Å². The average Bonchev–Trinajstić information content (AvgIpc) is 2.88. The van der Waals surface area contributed by atoms with Crippen molar-refractivity contribution in [3.63, 3.8) is 0 Å². The highest BCUT2D eigenvalue weighted by Crippen LogP contribution is 2.43. The molecule has 1 atom stereocenters. The van der Waals surface area contributed by atoms with Gasteiger partial charge in [0.05, 0.1) is 5.56 Å². The van der Waals surface area contributed by atoms with E-state index >= 15 is 0 Å². The molecular weight excluding hydrogens is 295 g/mol. The minimum Gasteiger partial charge on any atom is -0.309 e. The lowest BCUT2D eigenvalue weighted by Crippen LogP contribution is -2.25. The molecule has 1 unspecified atom stereocenters. The van der Waals surface area contributed by atoms with Gasteiger partial charge in [0, 0.05) is 23.6 Å². The molecule has 1 aromatic heterocycles. The highest BCUT2D eigenvalue weighted by Gasteiger charge is 2.39. The Morgan fingerprint density at radius 2 is 2.05 bits per heavy atom. The van der Waals surface area contributed by atoms with Crippen molar-refractivity contribution in [2.45, 2.75) is 31.9 Å². The lowest BCUT2D eigenvalue weighted by molar-refractivity contribution is -0.138. The van der Waals surface area contributed by atoms with Crippen molar-refractivity contribution in [1.82, 2.24) is 10.2 Å². The van der Waals surface area contributed by atoms with Gasteiger partial charge >= 0.3 is 6.18 Å². The highest BCUT2D eigenvalue weighted by atomic mass is 19.4. The first kappa shape index (κ1) is 14.6. The molecule has 22 heavy (non-hydrogen) atoms. The van der Waals surface area contributed by atoms with Crippen LogP contribution in [0.1, 0.15) is 41.6 Å². The number of nitrogens with one attached hydrogen (secondary N) is 2. The number of fused-ring (bicyclic) bond motifs is 1. The first-order valence-electron chi connectivity index (χ1n) is 6.95. The number of benzene rings is 1. The maximum absolute atomic E-state index is 13.3. The number of hydrogen-bond donors (Lipinski definition) is 2. The van der Waals surface area contributed by atoms with Crippen molar-refractivity contribution in [3.8, 4) is 0 Å². The number of aromatic nitrogens is 2. The number of anilines is 1. The van der Waals surface area contributed by atoms with E-state index in [9.17, 15) is 18.0 Å². The molecule has 116 valence electrons. The Hall–Kier alpha value is -2.31. The molecule has 2 heterocycles. The summed E-state index contributed by atoms with van der Waals surface area (Å²) in [4.78, 5) is 11.8. The number of hydrogen-bond acceptors (Lipinski definition) is 2. The second-order valence-electron chi connectivity index (χ2n) is 5.21. The van der Waals surface area contributed by atoms with Crippen LogP contribution in [-0.4, -0.2) is 16.1 Å². The van der Waals surface area contributed by atoms with Crippen LogP contribution in [0, 0.1) is 0 Å². The van der Waals surface area contributed by atoms with Gasteiger partial charge < -0.3 is 5.32 Å². The van der Waals surface area contributed by atoms with Gasteiger partial charge in [-0.3, -0.25) is 9.89 Å². The fourth-order valence-corrected chi connectivity index (χ4v) is 2.92. The van der Waals surface area contributed by atoms with Gasteiger partial charge in [-0.25, -0.2) is 0 Å². The van der Waals surface area contributed by atoms with Gasteiger partial charge in [-0.05, 0) is 18.1 Å². The van der Waals surface area contributed by atoms with Crippen LogP contribution in [0.2, 0.25) is 0 Å². The molecule has 1 aliphatic heterocycles. The molecule has 0 bridgehead atoms. The van der Waals surface area contributed by atoms with Crippen molar-refractivity contribution in [1.29, 1.82) is 0 Å². The van der Waals surface area contributed by atoms with Crippen LogP contribution in [0.4, 0.5) is 19.0 Å². The maximum atomic E-state index is 13.3. The summed E-state index contributed by atoms with van der Waals surface area (Å²) < 4.78 is 39.8. The molecule has 0 fully saturated rings. The fraction of sp³-hybridized carbons (Fsp3) is 0.333. The Balaban J connectivity index is 2.18. The molecule has 0 radical (unpaired) electrons. The van der Waals surface area contributed by atoms with Gasteiger partial charge in [0.25, 0.3) is 0 Å². The lowest BCUT2D eigenvalue weighted by Gasteiger charge is -2.25. The quantitative estimate of drug-likeness (QED) is 0.892. The average molecular weight is 309 g/mol. The first-order valence-corrected chi connectivity index (χ1v) is 6.95. The molecule has 2 N–H and O–H groups in total. The van der Waals surface area contributed by atoms with E-state index in [1.54, 1.807) is 6.07 Å². The summed E-state index contributed by atoms with van der Waals surface area (Å²) in [5, 5.41) is 9.42. The monoisotopic (exact) mass is 309 g/mol. The molecule has 1 aliphatic rings. The molecular formula is C15H14F3N3O. The number of carbonyl (C=O) groups is 1. The number of aromatic amines is 1. The largest absolute Gasteiger partial charge is 0.416 e. The molecule has 1 amide bonds. The van der Waals surface area contributed by atoms with E-state index in [1.165, 1.54) is 12.1 Å². The topological polar surface area (TPSA) is 57.8 Å². The van der Waals surface area contributed by atoms with E-state index in [1.807, 2.05) is 6.92 Å². The number of aryl methyl sites for hydroxylation is 1. The van der Waals surface area contributed by atoms with Gasteiger partial charge in [0.2, 0.25) is 5.91 Å². The molecule has 0 saturated heterocycles. The number of alkyl halides is 3. The van der Waals surface area contributed by atoms with Crippen LogP contribution < -0.4 is 5.32 Å². The zero-order chi connectivity index (χ0) is 15.9. The smallest absolute Gasteiger partial charge is 0.309 e. The van der Waals surface area contributed by atoms with E-state index in [4.69, 9.17) is 0 Å². The van der Waals surface area contributed by atoms with E-state index in [0.717, 1.165) is 11.8 Å². The number of H-pyrrole nitrogens is 1. The molecule has 3 rings (SSSR count). The van der Waals surface area contributed by atoms with Crippen molar-refractivity contribution < 1.29 is 18.0 Å². The van der Waals surface area contributed by atoms with Crippen LogP contribution in [0.5, 0.6) is 0 Å². The van der Waals surface area contributed by atoms with E-state index in [0.29, 0.717) is 17.8 Å².